The van der Waals surface area contributed by atoms with Crippen LogP contribution < -0.4 is 10.1 Å². The number of anilines is 1. The van der Waals surface area contributed by atoms with E-state index < -0.39 is 6.04 Å². The first-order valence-electron chi connectivity index (χ1n) is 5.50. The predicted octanol–water partition coefficient (Wildman–Crippen LogP) is 1.24. The molecule has 94 valence electrons. The largest absolute Gasteiger partial charge is 0.478 e. The zero-order chi connectivity index (χ0) is 12.7. The molecule has 0 fully saturated rings. The fraction of sp³-hybridized carbons (Fsp3) is 0.545. The molecule has 6 heteroatoms. The van der Waals surface area contributed by atoms with Crippen LogP contribution in [0.2, 0.25) is 0 Å². The molecule has 0 spiro atoms. The summed E-state index contributed by atoms with van der Waals surface area (Å²) >= 11 is 0. The molecule has 0 bridgehead atoms. The van der Waals surface area contributed by atoms with Gasteiger partial charge in [0.05, 0.1) is 13.7 Å². The van der Waals surface area contributed by atoms with Gasteiger partial charge in [-0.3, -0.25) is 0 Å². The first-order chi connectivity index (χ1) is 8.21. The predicted molar refractivity (Wildman–Crippen MR) is 62.9 cm³/mol. The fourth-order valence-corrected chi connectivity index (χ4v) is 1.29. The monoisotopic (exact) mass is 239 g/mol. The van der Waals surface area contributed by atoms with Gasteiger partial charge in [-0.05, 0) is 13.3 Å². The fourth-order valence-electron chi connectivity index (χ4n) is 1.29. The van der Waals surface area contributed by atoms with Crippen LogP contribution in [-0.4, -0.2) is 35.7 Å². The van der Waals surface area contributed by atoms with E-state index >= 15 is 0 Å². The van der Waals surface area contributed by atoms with Crippen molar-refractivity contribution < 1.29 is 14.3 Å². The van der Waals surface area contributed by atoms with E-state index in [9.17, 15) is 4.79 Å². The number of carbonyl (C=O) groups is 1. The van der Waals surface area contributed by atoms with Crippen molar-refractivity contribution in [3.05, 3.63) is 12.4 Å². The van der Waals surface area contributed by atoms with Crippen LogP contribution in [0.4, 0.5) is 5.82 Å². The summed E-state index contributed by atoms with van der Waals surface area (Å²) in [5, 5.41) is 2.97. The Bertz CT molecular complexity index is 371. The first-order valence-corrected chi connectivity index (χ1v) is 5.50. The minimum Gasteiger partial charge on any atom is -0.478 e. The van der Waals surface area contributed by atoms with Crippen molar-refractivity contribution in [2.24, 2.45) is 0 Å². The third-order valence-electron chi connectivity index (χ3n) is 2.15. The minimum atomic E-state index is -0.413. The van der Waals surface area contributed by atoms with Gasteiger partial charge in [-0.1, -0.05) is 6.92 Å². The van der Waals surface area contributed by atoms with E-state index in [0.717, 1.165) is 0 Å². The van der Waals surface area contributed by atoms with Crippen molar-refractivity contribution in [1.82, 2.24) is 9.97 Å². The molecule has 0 aliphatic carbocycles. The minimum absolute atomic E-state index is 0.316. The van der Waals surface area contributed by atoms with Crippen molar-refractivity contribution in [1.29, 1.82) is 0 Å². The Kier molecular flexibility index (Phi) is 5.19. The van der Waals surface area contributed by atoms with Crippen molar-refractivity contribution in [3.8, 4) is 5.88 Å². The molecular formula is C11H17N3O3. The average molecular weight is 239 g/mol. The van der Waals surface area contributed by atoms with Crippen LogP contribution in [0.5, 0.6) is 5.88 Å². The van der Waals surface area contributed by atoms with Crippen LogP contribution in [0, 0.1) is 0 Å². The highest BCUT2D eigenvalue weighted by Gasteiger charge is 2.17. The summed E-state index contributed by atoms with van der Waals surface area (Å²) in [4.78, 5) is 19.4. The molecule has 1 heterocycles. The Morgan fingerprint density at radius 2 is 2.24 bits per heavy atom. The summed E-state index contributed by atoms with van der Waals surface area (Å²) in [7, 11) is 1.36. The van der Waals surface area contributed by atoms with E-state index in [-0.39, 0.29) is 5.97 Å². The van der Waals surface area contributed by atoms with E-state index in [1.807, 2.05) is 13.8 Å². The molecule has 1 N–H and O–H groups in total. The molecule has 0 aromatic carbocycles. The topological polar surface area (TPSA) is 73.3 Å². The lowest BCUT2D eigenvalue weighted by Crippen LogP contribution is -2.30. The number of rotatable bonds is 6. The molecule has 1 aromatic rings. The zero-order valence-corrected chi connectivity index (χ0v) is 10.3. The maximum Gasteiger partial charge on any atom is 0.328 e. The van der Waals surface area contributed by atoms with E-state index in [1.165, 1.54) is 13.4 Å². The number of hydrogen-bond acceptors (Lipinski definition) is 6. The molecule has 17 heavy (non-hydrogen) atoms. The van der Waals surface area contributed by atoms with Gasteiger partial charge in [0.2, 0.25) is 5.88 Å². The van der Waals surface area contributed by atoms with E-state index in [4.69, 9.17) is 4.74 Å². The second-order valence-electron chi connectivity index (χ2n) is 3.30. The maximum absolute atomic E-state index is 11.4. The standard InChI is InChI=1S/C11H17N3O3/c1-4-8(11(15)16-3)14-9-6-10(17-5-2)13-7-12-9/h6-8H,4-5H2,1-3H3,(H,12,13,14). The molecule has 1 unspecified atom stereocenters. The van der Waals surface area contributed by atoms with Gasteiger partial charge in [0.1, 0.15) is 18.2 Å². The first kappa shape index (κ1) is 13.2. The number of hydrogen-bond donors (Lipinski definition) is 1. The van der Waals surface area contributed by atoms with Gasteiger partial charge in [-0.25, -0.2) is 14.8 Å². The highest BCUT2D eigenvalue weighted by molar-refractivity contribution is 5.78. The molecule has 6 nitrogen and oxygen atoms in total. The summed E-state index contributed by atoms with van der Waals surface area (Å²) in [6.45, 7) is 4.29. The average Bonchev–Trinajstić information content (AvgIpc) is 2.36. The number of ether oxygens (including phenoxy) is 2. The van der Waals surface area contributed by atoms with Gasteiger partial charge >= 0.3 is 5.97 Å². The highest BCUT2D eigenvalue weighted by atomic mass is 16.5. The Morgan fingerprint density at radius 1 is 1.47 bits per heavy atom. The van der Waals surface area contributed by atoms with Crippen molar-refractivity contribution in [2.45, 2.75) is 26.3 Å². The lowest BCUT2D eigenvalue weighted by Gasteiger charge is -2.15. The molecule has 0 aliphatic rings. The maximum atomic E-state index is 11.4. The van der Waals surface area contributed by atoms with Crippen LogP contribution in [0.25, 0.3) is 0 Å². The van der Waals surface area contributed by atoms with E-state index in [1.54, 1.807) is 6.07 Å². The van der Waals surface area contributed by atoms with Gasteiger partial charge < -0.3 is 14.8 Å². The molecule has 0 aliphatic heterocycles. The number of esters is 1. The second kappa shape index (κ2) is 6.67. The Hall–Kier alpha value is -1.85. The Labute approximate surface area is 100 Å². The summed E-state index contributed by atoms with van der Waals surface area (Å²) in [6, 6.07) is 1.24. The normalized spacial score (nSPS) is 11.7. The van der Waals surface area contributed by atoms with Crippen LogP contribution in [-0.2, 0) is 9.53 Å². The number of carbonyl (C=O) groups excluding carboxylic acids is 1. The highest BCUT2D eigenvalue weighted by Crippen LogP contribution is 2.13. The summed E-state index contributed by atoms with van der Waals surface area (Å²) in [5.74, 6) is 0.703. The quantitative estimate of drug-likeness (QED) is 0.753. The number of aromatic nitrogens is 2. The third kappa shape index (κ3) is 3.90. The number of nitrogens with zero attached hydrogens (tertiary/aromatic N) is 2. The molecule has 0 saturated carbocycles. The lowest BCUT2D eigenvalue weighted by molar-refractivity contribution is -0.141. The third-order valence-corrected chi connectivity index (χ3v) is 2.15. The second-order valence-corrected chi connectivity index (χ2v) is 3.30. The Morgan fingerprint density at radius 3 is 2.82 bits per heavy atom. The van der Waals surface area contributed by atoms with Crippen LogP contribution in [0.1, 0.15) is 20.3 Å². The van der Waals surface area contributed by atoms with Crippen LogP contribution >= 0.6 is 0 Å². The Balaban J connectivity index is 2.72. The van der Waals surface area contributed by atoms with Crippen molar-refractivity contribution in [3.63, 3.8) is 0 Å². The molecule has 0 amide bonds. The van der Waals surface area contributed by atoms with Gasteiger partial charge in [0, 0.05) is 6.07 Å². The van der Waals surface area contributed by atoms with Gasteiger partial charge in [0.15, 0.2) is 0 Å². The lowest BCUT2D eigenvalue weighted by atomic mass is 10.2. The zero-order valence-electron chi connectivity index (χ0n) is 10.3. The van der Waals surface area contributed by atoms with Crippen LogP contribution in [0.3, 0.4) is 0 Å². The molecule has 0 saturated heterocycles. The molecule has 1 aromatic heterocycles. The summed E-state index contributed by atoms with van der Waals surface area (Å²) in [6.07, 6.45) is 2.00. The van der Waals surface area contributed by atoms with E-state index in [0.29, 0.717) is 24.7 Å². The van der Waals surface area contributed by atoms with Gasteiger partial charge in [-0.15, -0.1) is 0 Å². The SMILES string of the molecule is CCOc1cc(NC(CC)C(=O)OC)ncn1. The van der Waals surface area contributed by atoms with Crippen molar-refractivity contribution >= 4 is 11.8 Å². The smallest absolute Gasteiger partial charge is 0.328 e. The molecule has 0 radical (unpaired) electrons. The summed E-state index contributed by atoms with van der Waals surface area (Å²) in [5.41, 5.74) is 0. The van der Waals surface area contributed by atoms with Gasteiger partial charge in [-0.2, -0.15) is 0 Å². The van der Waals surface area contributed by atoms with Crippen molar-refractivity contribution in [2.75, 3.05) is 19.0 Å². The number of nitrogens with one attached hydrogen (secondary N) is 1. The molecule has 1 atom stereocenters. The summed E-state index contributed by atoms with van der Waals surface area (Å²) < 4.78 is 9.92. The van der Waals surface area contributed by atoms with Crippen LogP contribution in [0.15, 0.2) is 12.4 Å². The number of methoxy groups -OCH3 is 1. The molecular weight excluding hydrogens is 222 g/mol. The van der Waals surface area contributed by atoms with E-state index in [2.05, 4.69) is 20.0 Å². The molecule has 1 rings (SSSR count). The van der Waals surface area contributed by atoms with Gasteiger partial charge in [0.25, 0.3) is 0 Å².